The third-order valence-corrected chi connectivity index (χ3v) is 3.10. The van der Waals surface area contributed by atoms with Crippen LogP contribution in [0, 0.1) is 11.3 Å². The van der Waals surface area contributed by atoms with Crippen molar-refractivity contribution in [3.8, 4) is 6.07 Å². The van der Waals surface area contributed by atoms with Crippen molar-refractivity contribution in [1.82, 2.24) is 0 Å². The highest BCUT2D eigenvalue weighted by molar-refractivity contribution is 5.50. The molecule has 0 amide bonds. The van der Waals surface area contributed by atoms with Crippen LogP contribution in [0.3, 0.4) is 0 Å². The quantitative estimate of drug-likeness (QED) is 0.671. The molecule has 0 spiro atoms. The number of benzene rings is 1. The maximum atomic E-state index is 8.74. The molecule has 2 bridgehead atoms. The summed E-state index contributed by atoms with van der Waals surface area (Å²) < 4.78 is 0. The van der Waals surface area contributed by atoms with Crippen molar-refractivity contribution < 1.29 is 4.84 Å². The molecule has 1 aromatic carbocycles. The van der Waals surface area contributed by atoms with Crippen LogP contribution in [0.1, 0.15) is 18.4 Å². The number of rotatable bonds is 1. The Morgan fingerprint density at radius 1 is 1.19 bits per heavy atom. The van der Waals surface area contributed by atoms with Gasteiger partial charge in [-0.3, -0.25) is 4.84 Å². The molecule has 0 unspecified atom stereocenters. The van der Waals surface area contributed by atoms with Gasteiger partial charge in [-0.25, -0.2) is 5.06 Å². The van der Waals surface area contributed by atoms with Crippen LogP contribution in [0.15, 0.2) is 36.4 Å². The number of hydrogen-bond acceptors (Lipinski definition) is 3. The summed E-state index contributed by atoms with van der Waals surface area (Å²) in [6.07, 6.45) is 6.81. The maximum absolute atomic E-state index is 8.74. The van der Waals surface area contributed by atoms with Gasteiger partial charge >= 0.3 is 0 Å². The number of fused-ring (bicyclic) bond motifs is 2. The van der Waals surface area contributed by atoms with Crippen LogP contribution >= 0.6 is 0 Å². The molecule has 1 aliphatic carbocycles. The fraction of sp³-hybridized carbons (Fsp3) is 0.308. The molecule has 2 heterocycles. The van der Waals surface area contributed by atoms with Crippen molar-refractivity contribution in [2.45, 2.75) is 25.0 Å². The van der Waals surface area contributed by atoms with Gasteiger partial charge in [-0.05, 0) is 37.1 Å². The van der Waals surface area contributed by atoms with Gasteiger partial charge in [-0.1, -0.05) is 12.2 Å². The van der Waals surface area contributed by atoms with Crippen molar-refractivity contribution in [2.24, 2.45) is 0 Å². The van der Waals surface area contributed by atoms with Gasteiger partial charge in [-0.2, -0.15) is 5.26 Å². The van der Waals surface area contributed by atoms with Crippen molar-refractivity contribution in [2.75, 3.05) is 5.06 Å². The van der Waals surface area contributed by atoms with Crippen molar-refractivity contribution in [3.63, 3.8) is 0 Å². The molecule has 3 aliphatic rings. The monoisotopic (exact) mass is 212 g/mol. The average molecular weight is 212 g/mol. The molecule has 4 rings (SSSR count). The molecule has 0 saturated carbocycles. The largest absolute Gasteiger partial charge is 0.265 e. The predicted molar refractivity (Wildman–Crippen MR) is 60.7 cm³/mol. The molecular weight excluding hydrogens is 200 g/mol. The summed E-state index contributed by atoms with van der Waals surface area (Å²) >= 11 is 0. The lowest BCUT2D eigenvalue weighted by Gasteiger charge is -2.41. The molecule has 0 radical (unpaired) electrons. The van der Waals surface area contributed by atoms with E-state index in [-0.39, 0.29) is 6.10 Å². The number of hydrogen-bond donors (Lipinski definition) is 0. The maximum Gasteiger partial charge on any atom is 0.104 e. The number of anilines is 1. The lowest BCUT2D eigenvalue weighted by atomic mass is 9.98. The second kappa shape index (κ2) is 3.66. The Morgan fingerprint density at radius 2 is 2.00 bits per heavy atom. The summed E-state index contributed by atoms with van der Waals surface area (Å²) in [7, 11) is 0. The van der Waals surface area contributed by atoms with Crippen LogP contribution in [0.25, 0.3) is 0 Å². The second-order valence-electron chi connectivity index (χ2n) is 4.16. The zero-order chi connectivity index (χ0) is 11.0. The summed E-state index contributed by atoms with van der Waals surface area (Å²) in [6, 6.07) is 9.99. The lowest BCUT2D eigenvalue weighted by molar-refractivity contribution is 0.00353. The minimum Gasteiger partial charge on any atom is -0.265 e. The molecule has 1 saturated heterocycles. The zero-order valence-electron chi connectivity index (χ0n) is 8.84. The van der Waals surface area contributed by atoms with Gasteiger partial charge < -0.3 is 0 Å². The predicted octanol–water partition coefficient (Wildman–Crippen LogP) is 2.40. The van der Waals surface area contributed by atoms with Crippen LogP contribution in [0.4, 0.5) is 5.69 Å². The van der Waals surface area contributed by atoms with Gasteiger partial charge in [-0.15, -0.1) is 0 Å². The highest BCUT2D eigenvalue weighted by Gasteiger charge is 2.30. The molecule has 1 fully saturated rings. The standard InChI is InChI=1S/C13H12N2O/c14-9-10-1-3-11(4-2-10)15-12-5-7-13(16-15)8-6-12/h1-5,7,12-13H,6,8H2/t12-,13+/m1/s1. The molecule has 3 nitrogen and oxygen atoms in total. The summed E-state index contributed by atoms with van der Waals surface area (Å²) in [5.74, 6) is 0. The fourth-order valence-corrected chi connectivity index (χ4v) is 2.22. The number of hydroxylamine groups is 1. The molecule has 0 N–H and O–H groups in total. The van der Waals surface area contributed by atoms with Crippen LogP contribution in [-0.2, 0) is 4.84 Å². The first-order valence-corrected chi connectivity index (χ1v) is 5.51. The first-order valence-electron chi connectivity index (χ1n) is 5.51. The Labute approximate surface area is 94.5 Å². The highest BCUT2D eigenvalue weighted by Crippen LogP contribution is 2.31. The van der Waals surface area contributed by atoms with E-state index in [0.717, 1.165) is 18.5 Å². The number of nitriles is 1. The molecule has 80 valence electrons. The van der Waals surface area contributed by atoms with Gasteiger partial charge in [0.25, 0.3) is 0 Å². The Morgan fingerprint density at radius 3 is 2.50 bits per heavy atom. The summed E-state index contributed by atoms with van der Waals surface area (Å²) in [6.45, 7) is 0. The summed E-state index contributed by atoms with van der Waals surface area (Å²) in [5, 5.41) is 10.7. The molecule has 2 aliphatic heterocycles. The SMILES string of the molecule is N#Cc1ccc(N2O[C@H]3C=C[C@@H]2CC3)cc1. The van der Waals surface area contributed by atoms with Crippen LogP contribution in [0.5, 0.6) is 0 Å². The Hall–Kier alpha value is -1.79. The van der Waals surface area contributed by atoms with Gasteiger partial charge in [0.05, 0.1) is 23.4 Å². The molecule has 2 atom stereocenters. The van der Waals surface area contributed by atoms with Gasteiger partial charge in [0.2, 0.25) is 0 Å². The Kier molecular flexibility index (Phi) is 2.16. The van der Waals surface area contributed by atoms with Gasteiger partial charge in [0.15, 0.2) is 0 Å². The third kappa shape index (κ3) is 1.48. The Bertz CT molecular complexity index is 458. The third-order valence-electron chi connectivity index (χ3n) is 3.10. The van der Waals surface area contributed by atoms with Crippen molar-refractivity contribution in [1.29, 1.82) is 5.26 Å². The smallest absolute Gasteiger partial charge is 0.104 e. The molecule has 0 aromatic heterocycles. The lowest BCUT2D eigenvalue weighted by Crippen LogP contribution is -2.45. The summed E-state index contributed by atoms with van der Waals surface area (Å²) in [4.78, 5) is 5.81. The normalized spacial score (nSPS) is 26.8. The molecule has 1 aromatic rings. The van der Waals surface area contributed by atoms with E-state index in [2.05, 4.69) is 18.2 Å². The minimum atomic E-state index is 0.223. The van der Waals surface area contributed by atoms with E-state index in [4.69, 9.17) is 10.1 Å². The van der Waals surface area contributed by atoms with Crippen LogP contribution in [0.2, 0.25) is 0 Å². The first-order chi connectivity index (χ1) is 7.86. The van der Waals surface area contributed by atoms with Gasteiger partial charge in [0.1, 0.15) is 6.10 Å². The topological polar surface area (TPSA) is 36.3 Å². The van der Waals surface area contributed by atoms with Crippen molar-refractivity contribution >= 4 is 5.69 Å². The average Bonchev–Trinajstić information content (AvgIpc) is 2.40. The van der Waals surface area contributed by atoms with E-state index < -0.39 is 0 Å². The van der Waals surface area contributed by atoms with E-state index in [1.807, 2.05) is 29.3 Å². The number of nitrogens with zero attached hydrogens (tertiary/aromatic N) is 2. The van der Waals surface area contributed by atoms with E-state index in [1.54, 1.807) is 0 Å². The molecule has 16 heavy (non-hydrogen) atoms. The summed E-state index contributed by atoms with van der Waals surface area (Å²) in [5.41, 5.74) is 1.71. The minimum absolute atomic E-state index is 0.223. The van der Waals surface area contributed by atoms with Gasteiger partial charge in [0, 0.05) is 0 Å². The van der Waals surface area contributed by atoms with Crippen LogP contribution in [-0.4, -0.2) is 12.1 Å². The van der Waals surface area contributed by atoms with E-state index >= 15 is 0 Å². The highest BCUT2D eigenvalue weighted by atomic mass is 16.7. The van der Waals surface area contributed by atoms with Crippen molar-refractivity contribution in [3.05, 3.63) is 42.0 Å². The Balaban J connectivity index is 1.88. The second-order valence-corrected chi connectivity index (χ2v) is 4.16. The first kappa shape index (κ1) is 9.44. The van der Waals surface area contributed by atoms with E-state index in [1.165, 1.54) is 0 Å². The van der Waals surface area contributed by atoms with E-state index in [9.17, 15) is 0 Å². The molecular formula is C13H12N2O. The fourth-order valence-electron chi connectivity index (χ4n) is 2.22. The van der Waals surface area contributed by atoms with E-state index in [0.29, 0.717) is 11.6 Å². The van der Waals surface area contributed by atoms with Crippen LogP contribution < -0.4 is 5.06 Å². The zero-order valence-corrected chi connectivity index (χ0v) is 8.84. The molecule has 3 heteroatoms.